The quantitative estimate of drug-likeness (QED) is 0.583. The first-order valence-corrected chi connectivity index (χ1v) is 6.46. The highest BCUT2D eigenvalue weighted by atomic mass is 16.6. The molecule has 0 aliphatic heterocycles. The Hall–Kier alpha value is -1.32. The van der Waals surface area contributed by atoms with Crippen LogP contribution in [-0.4, -0.2) is 23.6 Å². The Morgan fingerprint density at radius 2 is 1.47 bits per heavy atom. The van der Waals surface area contributed by atoms with Gasteiger partial charge in [0.15, 0.2) is 0 Å². The van der Waals surface area contributed by atoms with Crippen molar-refractivity contribution in [3.05, 3.63) is 12.2 Å². The fourth-order valence-electron chi connectivity index (χ4n) is 0.734. The van der Waals surface area contributed by atoms with Crippen LogP contribution < -0.4 is 0 Å². The average Bonchev–Trinajstić information content (AvgIpc) is 2.14. The molecular weight excluding hydrogens is 244 g/mol. The molecule has 0 unspecified atom stereocenters. The second-order valence-corrected chi connectivity index (χ2v) is 5.92. The van der Waals surface area contributed by atoms with Crippen LogP contribution in [0.25, 0.3) is 0 Å². The molecule has 0 aliphatic rings. The largest absolute Gasteiger partial charge is 0.460 e. The van der Waals surface area contributed by atoms with Gasteiger partial charge in [-0.25, -0.2) is 4.79 Å². The number of carbonyl (C=O) groups is 2. The van der Waals surface area contributed by atoms with Gasteiger partial charge in [-0.2, -0.15) is 0 Å². The molecule has 0 rings (SSSR count). The summed E-state index contributed by atoms with van der Waals surface area (Å²) in [7, 11) is 0. The van der Waals surface area contributed by atoms with Crippen molar-refractivity contribution in [2.75, 3.05) is 0 Å². The highest BCUT2D eigenvalue weighted by molar-refractivity contribution is 5.87. The molecule has 0 saturated carbocycles. The van der Waals surface area contributed by atoms with Crippen molar-refractivity contribution in [3.63, 3.8) is 0 Å². The Morgan fingerprint density at radius 1 is 1.05 bits per heavy atom. The Labute approximate surface area is 117 Å². The van der Waals surface area contributed by atoms with Crippen LogP contribution in [0.3, 0.4) is 0 Å². The van der Waals surface area contributed by atoms with Crippen LogP contribution in [0.1, 0.15) is 55.4 Å². The van der Waals surface area contributed by atoms with Gasteiger partial charge in [0.1, 0.15) is 5.60 Å². The summed E-state index contributed by atoms with van der Waals surface area (Å²) in [4.78, 5) is 21.6. The number of carbonyl (C=O) groups excluding carboxylic acids is 2. The van der Waals surface area contributed by atoms with Crippen LogP contribution in [-0.2, 0) is 19.1 Å². The smallest absolute Gasteiger partial charge is 0.333 e. The first-order chi connectivity index (χ1) is 8.36. The molecule has 112 valence electrons. The summed E-state index contributed by atoms with van der Waals surface area (Å²) in [5, 5.41) is 0. The lowest BCUT2D eigenvalue weighted by Gasteiger charge is -2.20. The van der Waals surface area contributed by atoms with Gasteiger partial charge in [-0.1, -0.05) is 20.4 Å². The predicted molar refractivity (Wildman–Crippen MR) is 76.7 cm³/mol. The summed E-state index contributed by atoms with van der Waals surface area (Å²) in [5.41, 5.74) is 0.102. The molecule has 0 heterocycles. The van der Waals surface area contributed by atoms with Crippen molar-refractivity contribution in [1.29, 1.82) is 0 Å². The van der Waals surface area contributed by atoms with E-state index in [1.165, 1.54) is 0 Å². The van der Waals surface area contributed by atoms with Gasteiger partial charge in [0.2, 0.25) is 0 Å². The molecule has 0 aliphatic carbocycles. The summed E-state index contributed by atoms with van der Waals surface area (Å²) in [6.07, 6.45) is -0.0470. The van der Waals surface area contributed by atoms with E-state index in [-0.39, 0.29) is 29.6 Å². The number of hydrogen-bond donors (Lipinski definition) is 0. The second kappa shape index (κ2) is 8.73. The monoisotopic (exact) mass is 272 g/mol. The molecule has 4 heteroatoms. The Kier molecular flexibility index (Phi) is 9.19. The minimum atomic E-state index is -0.346. The number of esters is 2. The lowest BCUT2D eigenvalue weighted by atomic mass is 10.1. The van der Waals surface area contributed by atoms with Gasteiger partial charge in [-0.15, -0.1) is 0 Å². The van der Waals surface area contributed by atoms with E-state index in [0.29, 0.717) is 5.57 Å². The Balaban J connectivity index is 0. The molecule has 0 amide bonds. The Morgan fingerprint density at radius 3 is 1.58 bits per heavy atom. The fraction of sp³-hybridized carbons (Fsp3) is 0.733. The molecule has 0 N–H and O–H groups in total. The maximum atomic E-state index is 10.9. The van der Waals surface area contributed by atoms with Crippen molar-refractivity contribution in [3.8, 4) is 0 Å². The normalized spacial score (nSPS) is 10.6. The van der Waals surface area contributed by atoms with Gasteiger partial charge >= 0.3 is 11.9 Å². The summed E-state index contributed by atoms with van der Waals surface area (Å²) >= 11 is 0. The summed E-state index contributed by atoms with van der Waals surface area (Å²) in [5.74, 6) is -0.475. The zero-order valence-electron chi connectivity index (χ0n) is 13.5. The third-order valence-corrected chi connectivity index (χ3v) is 1.57. The molecule has 0 aromatic heterocycles. The van der Waals surface area contributed by atoms with Crippen molar-refractivity contribution < 1.29 is 19.1 Å². The van der Waals surface area contributed by atoms with Gasteiger partial charge in [0.25, 0.3) is 0 Å². The zero-order valence-corrected chi connectivity index (χ0v) is 13.5. The molecular formula is C15H28O4. The minimum Gasteiger partial charge on any atom is -0.460 e. The summed E-state index contributed by atoms with van der Waals surface area (Å²) < 4.78 is 9.83. The van der Waals surface area contributed by atoms with Crippen molar-refractivity contribution in [2.45, 2.75) is 67.1 Å². The van der Waals surface area contributed by atoms with Gasteiger partial charge in [0, 0.05) is 5.57 Å². The fourth-order valence-corrected chi connectivity index (χ4v) is 0.734. The molecule has 0 atom stereocenters. The molecule has 0 saturated heterocycles. The minimum absolute atomic E-state index is 0.0285. The molecule has 4 nitrogen and oxygen atoms in total. The van der Waals surface area contributed by atoms with E-state index < -0.39 is 0 Å². The summed E-state index contributed by atoms with van der Waals surface area (Å²) in [6, 6.07) is 0. The van der Waals surface area contributed by atoms with Crippen LogP contribution in [0.5, 0.6) is 0 Å². The van der Waals surface area contributed by atoms with Crippen LogP contribution in [0, 0.1) is 5.92 Å². The third-order valence-electron chi connectivity index (χ3n) is 1.57. The highest BCUT2D eigenvalue weighted by Crippen LogP contribution is 2.10. The molecule has 0 aromatic carbocycles. The van der Waals surface area contributed by atoms with Crippen molar-refractivity contribution >= 4 is 11.9 Å². The number of ether oxygens (including phenoxy) is 2. The van der Waals surface area contributed by atoms with Crippen molar-refractivity contribution in [2.24, 2.45) is 5.92 Å². The van der Waals surface area contributed by atoms with E-state index in [9.17, 15) is 9.59 Å². The van der Waals surface area contributed by atoms with Crippen molar-refractivity contribution in [1.82, 2.24) is 0 Å². The van der Waals surface area contributed by atoms with Crippen LogP contribution >= 0.6 is 0 Å². The van der Waals surface area contributed by atoms with Crippen LogP contribution in [0.15, 0.2) is 12.2 Å². The van der Waals surface area contributed by atoms with E-state index in [1.54, 1.807) is 20.8 Å². The number of rotatable bonds is 3. The number of hydrogen-bond acceptors (Lipinski definition) is 4. The first-order valence-electron chi connectivity index (χ1n) is 6.46. The predicted octanol–water partition coefficient (Wildman–Crippen LogP) is 3.50. The van der Waals surface area contributed by atoms with Gasteiger partial charge < -0.3 is 9.47 Å². The SMILES string of the molecule is C=C(C)C(=O)OC(C)C.CC(C)C(=O)OC(C)(C)C. The molecule has 0 radical (unpaired) electrons. The molecule has 0 aromatic rings. The van der Waals surface area contributed by atoms with E-state index in [1.807, 2.05) is 34.6 Å². The molecule has 0 fully saturated rings. The molecule has 0 bridgehead atoms. The van der Waals surface area contributed by atoms with E-state index in [4.69, 9.17) is 9.47 Å². The standard InChI is InChI=1S/C8H16O2.C7H12O2/c1-6(2)7(9)10-8(3,4)5;1-5(2)7(8)9-6(3)4/h6H,1-5H3;6H,1H2,2-4H3. The molecule has 19 heavy (non-hydrogen) atoms. The topological polar surface area (TPSA) is 52.6 Å². The molecule has 0 spiro atoms. The summed E-state index contributed by atoms with van der Waals surface area (Å²) in [6.45, 7) is 17.9. The second-order valence-electron chi connectivity index (χ2n) is 5.92. The first kappa shape index (κ1) is 20.0. The maximum absolute atomic E-state index is 10.9. The lowest BCUT2D eigenvalue weighted by molar-refractivity contribution is -0.158. The van der Waals surface area contributed by atoms with E-state index >= 15 is 0 Å². The van der Waals surface area contributed by atoms with E-state index in [0.717, 1.165) is 0 Å². The van der Waals surface area contributed by atoms with Gasteiger partial charge in [-0.05, 0) is 41.5 Å². The maximum Gasteiger partial charge on any atom is 0.333 e. The average molecular weight is 272 g/mol. The van der Waals surface area contributed by atoms with Crippen LogP contribution in [0.4, 0.5) is 0 Å². The van der Waals surface area contributed by atoms with Gasteiger partial charge in [-0.3, -0.25) is 4.79 Å². The van der Waals surface area contributed by atoms with Gasteiger partial charge in [0.05, 0.1) is 12.0 Å². The third kappa shape index (κ3) is 14.6. The van der Waals surface area contributed by atoms with E-state index in [2.05, 4.69) is 6.58 Å². The Bertz CT molecular complexity index is 309. The lowest BCUT2D eigenvalue weighted by Crippen LogP contribution is -2.26. The van der Waals surface area contributed by atoms with Crippen LogP contribution in [0.2, 0.25) is 0 Å². The zero-order chi connectivity index (χ0) is 15.8. The highest BCUT2D eigenvalue weighted by Gasteiger charge is 2.18.